The number of carbonyl (C=O) groups is 1. The minimum absolute atomic E-state index is 0. The number of halogens is 2. The van der Waals surface area contributed by atoms with Crippen LogP contribution in [0.2, 0.25) is 0 Å². The zero-order valence-corrected chi connectivity index (χ0v) is 19.6. The van der Waals surface area contributed by atoms with Crippen molar-refractivity contribution in [3.63, 3.8) is 0 Å². The van der Waals surface area contributed by atoms with E-state index in [1.54, 1.807) is 14.2 Å². The summed E-state index contributed by atoms with van der Waals surface area (Å²) in [5.41, 5.74) is 7.69. The molecule has 0 radical (unpaired) electrons. The van der Waals surface area contributed by atoms with Gasteiger partial charge >= 0.3 is 0 Å². The molecular formula is C20H29Cl2N3O3S. The number of piperidine rings is 1. The number of aryl methyl sites for hydroxylation is 1. The molecule has 0 aliphatic carbocycles. The zero-order chi connectivity index (χ0) is 19.6. The molecule has 1 aromatic heterocycles. The molecule has 2 N–H and O–H groups in total. The van der Waals surface area contributed by atoms with Crippen molar-refractivity contribution in [1.29, 1.82) is 0 Å². The Balaban J connectivity index is 0.00000210. The Bertz CT molecular complexity index is 821. The third-order valence-electron chi connectivity index (χ3n) is 5.19. The lowest BCUT2D eigenvalue weighted by Gasteiger charge is -2.33. The number of likely N-dealkylation sites (tertiary alicyclic amines) is 1. The topological polar surface area (TPSA) is 77.7 Å². The Hall–Kier alpha value is -1.54. The maximum absolute atomic E-state index is 13.0. The second-order valence-electron chi connectivity index (χ2n) is 6.99. The smallest absolute Gasteiger partial charge is 0.265 e. The minimum Gasteiger partial charge on any atom is -0.493 e. The van der Waals surface area contributed by atoms with E-state index in [1.165, 1.54) is 11.3 Å². The molecule has 162 valence electrons. The number of methoxy groups -OCH3 is 2. The lowest BCUT2D eigenvalue weighted by Crippen LogP contribution is -2.42. The SMILES string of the molecule is COc1ccc(-c2nc(C)c(C(=O)N3CCC(C(C)N)CC3)s2)cc1OC.Cl.Cl. The van der Waals surface area contributed by atoms with Gasteiger partial charge in [-0.15, -0.1) is 36.2 Å². The van der Waals surface area contributed by atoms with Crippen molar-refractivity contribution in [2.24, 2.45) is 11.7 Å². The number of thiazole rings is 1. The van der Waals surface area contributed by atoms with E-state index in [0.29, 0.717) is 22.3 Å². The summed E-state index contributed by atoms with van der Waals surface area (Å²) in [6, 6.07) is 5.86. The number of rotatable bonds is 5. The predicted molar refractivity (Wildman–Crippen MR) is 122 cm³/mol. The molecule has 3 rings (SSSR count). The number of nitrogens with two attached hydrogens (primary N) is 1. The third kappa shape index (κ3) is 5.54. The monoisotopic (exact) mass is 461 g/mol. The van der Waals surface area contributed by atoms with Crippen LogP contribution in [0.3, 0.4) is 0 Å². The van der Waals surface area contributed by atoms with Crippen molar-refractivity contribution in [2.45, 2.75) is 32.7 Å². The molecule has 1 aliphatic heterocycles. The van der Waals surface area contributed by atoms with Gasteiger partial charge in [0, 0.05) is 24.7 Å². The van der Waals surface area contributed by atoms with Gasteiger partial charge in [-0.2, -0.15) is 0 Å². The fourth-order valence-electron chi connectivity index (χ4n) is 3.46. The average molecular weight is 462 g/mol. The van der Waals surface area contributed by atoms with E-state index >= 15 is 0 Å². The molecule has 2 heterocycles. The first kappa shape index (κ1) is 25.5. The summed E-state index contributed by atoms with van der Waals surface area (Å²) < 4.78 is 10.7. The number of amides is 1. The van der Waals surface area contributed by atoms with E-state index in [0.717, 1.165) is 42.2 Å². The lowest BCUT2D eigenvalue weighted by molar-refractivity contribution is 0.0685. The highest BCUT2D eigenvalue weighted by Crippen LogP contribution is 2.35. The second kappa shape index (κ2) is 11.0. The number of carbonyl (C=O) groups excluding carboxylic acids is 1. The van der Waals surface area contributed by atoms with Gasteiger partial charge in [0.05, 0.1) is 19.9 Å². The lowest BCUT2D eigenvalue weighted by atomic mass is 9.91. The molecule has 1 aromatic carbocycles. The summed E-state index contributed by atoms with van der Waals surface area (Å²) in [5, 5.41) is 0.808. The van der Waals surface area contributed by atoms with Gasteiger partial charge in [-0.3, -0.25) is 4.79 Å². The van der Waals surface area contributed by atoms with Crippen LogP contribution in [-0.2, 0) is 0 Å². The Morgan fingerprint density at radius 2 is 1.83 bits per heavy atom. The quantitative estimate of drug-likeness (QED) is 0.722. The highest BCUT2D eigenvalue weighted by molar-refractivity contribution is 7.17. The van der Waals surface area contributed by atoms with Crippen LogP contribution >= 0.6 is 36.2 Å². The van der Waals surface area contributed by atoms with Gasteiger partial charge in [0.15, 0.2) is 11.5 Å². The fourth-order valence-corrected chi connectivity index (χ4v) is 4.49. The molecule has 9 heteroatoms. The molecule has 1 atom stereocenters. The Kier molecular flexibility index (Phi) is 9.68. The van der Waals surface area contributed by atoms with E-state index in [4.69, 9.17) is 15.2 Å². The van der Waals surface area contributed by atoms with E-state index in [2.05, 4.69) is 4.98 Å². The molecule has 29 heavy (non-hydrogen) atoms. The maximum Gasteiger partial charge on any atom is 0.265 e. The summed E-state index contributed by atoms with van der Waals surface area (Å²) in [4.78, 5) is 20.2. The summed E-state index contributed by atoms with van der Waals surface area (Å²) in [6.07, 6.45) is 1.92. The van der Waals surface area contributed by atoms with E-state index in [9.17, 15) is 4.79 Å². The molecular weight excluding hydrogens is 433 g/mol. The number of hydrogen-bond donors (Lipinski definition) is 1. The maximum atomic E-state index is 13.0. The van der Waals surface area contributed by atoms with Crippen LogP contribution in [0.1, 0.15) is 35.1 Å². The molecule has 1 unspecified atom stereocenters. The molecule has 1 saturated heterocycles. The standard InChI is InChI=1S/C20H27N3O3S.2ClH/c1-12(21)14-7-9-23(10-8-14)20(24)18-13(2)22-19(27-18)15-5-6-16(25-3)17(11-15)26-4;;/h5-6,11-12,14H,7-10,21H2,1-4H3;2*1H. The van der Waals surface area contributed by atoms with Crippen LogP contribution in [0.15, 0.2) is 18.2 Å². The molecule has 2 aromatic rings. The Morgan fingerprint density at radius 1 is 1.21 bits per heavy atom. The van der Waals surface area contributed by atoms with Crippen molar-refractivity contribution >= 4 is 42.1 Å². The van der Waals surface area contributed by atoms with Gasteiger partial charge in [0.2, 0.25) is 0 Å². The van der Waals surface area contributed by atoms with Crippen LogP contribution in [0.5, 0.6) is 11.5 Å². The summed E-state index contributed by atoms with van der Waals surface area (Å²) >= 11 is 1.43. The third-order valence-corrected chi connectivity index (χ3v) is 6.39. The van der Waals surface area contributed by atoms with Crippen LogP contribution in [-0.4, -0.2) is 49.1 Å². The Morgan fingerprint density at radius 3 is 2.38 bits per heavy atom. The molecule has 0 saturated carbocycles. The van der Waals surface area contributed by atoms with E-state index in [1.807, 2.05) is 36.9 Å². The summed E-state index contributed by atoms with van der Waals surface area (Å²) in [6.45, 7) is 5.45. The van der Waals surface area contributed by atoms with Crippen LogP contribution in [0, 0.1) is 12.8 Å². The number of nitrogens with zero attached hydrogens (tertiary/aromatic N) is 2. The second-order valence-corrected chi connectivity index (χ2v) is 7.99. The summed E-state index contributed by atoms with van der Waals surface area (Å²) in [7, 11) is 3.21. The first-order chi connectivity index (χ1) is 12.9. The highest BCUT2D eigenvalue weighted by atomic mass is 35.5. The van der Waals surface area contributed by atoms with Gasteiger partial charge < -0.3 is 20.1 Å². The van der Waals surface area contributed by atoms with Crippen LogP contribution in [0.25, 0.3) is 10.6 Å². The largest absolute Gasteiger partial charge is 0.493 e. The highest BCUT2D eigenvalue weighted by Gasteiger charge is 2.28. The van der Waals surface area contributed by atoms with Crippen LogP contribution < -0.4 is 15.2 Å². The van der Waals surface area contributed by atoms with E-state index < -0.39 is 0 Å². The number of ether oxygens (including phenoxy) is 2. The van der Waals surface area contributed by atoms with Crippen LogP contribution in [0.4, 0.5) is 0 Å². The van der Waals surface area contributed by atoms with E-state index in [-0.39, 0.29) is 36.8 Å². The first-order valence-electron chi connectivity index (χ1n) is 9.19. The van der Waals surface area contributed by atoms with Gasteiger partial charge in [-0.1, -0.05) is 0 Å². The van der Waals surface area contributed by atoms with Gasteiger partial charge in [-0.25, -0.2) is 4.98 Å². The van der Waals surface area contributed by atoms with Crippen molar-refractivity contribution in [3.8, 4) is 22.1 Å². The molecule has 0 bridgehead atoms. The molecule has 1 aliphatic rings. The van der Waals surface area contributed by atoms with Crippen molar-refractivity contribution in [2.75, 3.05) is 27.3 Å². The summed E-state index contributed by atoms with van der Waals surface area (Å²) in [5.74, 6) is 1.88. The first-order valence-corrected chi connectivity index (χ1v) is 10.0. The number of hydrogen-bond acceptors (Lipinski definition) is 6. The molecule has 1 fully saturated rings. The fraction of sp³-hybridized carbons (Fsp3) is 0.500. The minimum atomic E-state index is 0. The van der Waals surface area contributed by atoms with Crippen molar-refractivity contribution < 1.29 is 14.3 Å². The Labute approximate surface area is 188 Å². The predicted octanol–water partition coefficient (Wildman–Crippen LogP) is 4.18. The van der Waals surface area contributed by atoms with Gasteiger partial charge in [0.25, 0.3) is 5.91 Å². The van der Waals surface area contributed by atoms with Gasteiger partial charge in [-0.05, 0) is 50.8 Å². The van der Waals surface area contributed by atoms with Crippen molar-refractivity contribution in [3.05, 3.63) is 28.8 Å². The van der Waals surface area contributed by atoms with Gasteiger partial charge in [0.1, 0.15) is 9.88 Å². The molecule has 1 amide bonds. The average Bonchev–Trinajstić information content (AvgIpc) is 3.08. The zero-order valence-electron chi connectivity index (χ0n) is 17.1. The normalized spacial score (nSPS) is 15.1. The number of aromatic nitrogens is 1. The van der Waals surface area contributed by atoms with Crippen molar-refractivity contribution in [1.82, 2.24) is 9.88 Å². The number of benzene rings is 1. The molecule has 0 spiro atoms. The molecule has 6 nitrogen and oxygen atoms in total.